The Balaban J connectivity index is 1.67. The molecule has 4 rings (SSSR count). The average molecular weight is 434 g/mol. The largest absolute Gasteiger partial charge is 0.280 e. The van der Waals surface area contributed by atoms with Crippen molar-refractivity contribution >= 4 is 34.6 Å². The van der Waals surface area contributed by atoms with Crippen LogP contribution < -0.4 is 11.0 Å². The van der Waals surface area contributed by atoms with Gasteiger partial charge in [0.05, 0.1) is 17.1 Å². The number of hydrogen-bond donors (Lipinski definition) is 1. The van der Waals surface area contributed by atoms with Crippen LogP contribution in [-0.2, 0) is 0 Å². The maximum Gasteiger partial charge on any atom is 0.280 e. The molecular weight excluding hydrogens is 414 g/mol. The third-order valence-electron chi connectivity index (χ3n) is 5.01. The molecule has 31 heavy (non-hydrogen) atoms. The highest BCUT2D eigenvalue weighted by Gasteiger charge is 2.15. The number of hydrogen-bond acceptors (Lipinski definition) is 4. The third-order valence-corrected chi connectivity index (χ3v) is 5.24. The summed E-state index contributed by atoms with van der Waals surface area (Å²) in [7, 11) is 0. The molecule has 2 heterocycles. The fraction of sp³-hybridized carbons (Fsp3) is 0.130. The lowest BCUT2D eigenvalue weighted by atomic mass is 10.2. The molecule has 0 unspecified atom stereocenters. The minimum Gasteiger partial charge on any atom is -0.267 e. The number of rotatable bonds is 4. The summed E-state index contributed by atoms with van der Waals surface area (Å²) in [5.41, 5.74) is 5.82. The van der Waals surface area contributed by atoms with Crippen molar-refractivity contribution in [3.8, 4) is 0 Å². The minimum atomic E-state index is -0.363. The number of nitrogens with one attached hydrogen (secondary N) is 1. The zero-order chi connectivity index (χ0) is 22.1. The average Bonchev–Trinajstić information content (AvgIpc) is 3.01. The molecule has 0 aliphatic heterocycles. The molecule has 156 valence electrons. The first kappa shape index (κ1) is 20.6. The molecule has 1 amide bonds. The SMILES string of the molecule is Cc1cc(C=NNC(=O)c2cccc(Cl)c2)c(C)n1-n1c(C)nc2ccccc2c1=O. The van der Waals surface area contributed by atoms with Crippen molar-refractivity contribution in [2.24, 2.45) is 5.10 Å². The van der Waals surface area contributed by atoms with E-state index < -0.39 is 0 Å². The number of halogens is 1. The highest BCUT2D eigenvalue weighted by Crippen LogP contribution is 2.16. The summed E-state index contributed by atoms with van der Waals surface area (Å²) in [4.78, 5) is 30.0. The van der Waals surface area contributed by atoms with Gasteiger partial charge in [0.1, 0.15) is 5.82 Å². The van der Waals surface area contributed by atoms with E-state index in [1.54, 1.807) is 52.8 Å². The fourth-order valence-electron chi connectivity index (χ4n) is 3.54. The van der Waals surface area contributed by atoms with Crippen LogP contribution in [0.1, 0.15) is 33.1 Å². The van der Waals surface area contributed by atoms with E-state index in [2.05, 4.69) is 15.5 Å². The topological polar surface area (TPSA) is 81.3 Å². The van der Waals surface area contributed by atoms with Crippen LogP contribution in [0.4, 0.5) is 0 Å². The van der Waals surface area contributed by atoms with Gasteiger partial charge in [0.2, 0.25) is 0 Å². The Hall–Kier alpha value is -3.71. The first-order valence-electron chi connectivity index (χ1n) is 9.64. The maximum atomic E-state index is 13.2. The zero-order valence-corrected chi connectivity index (χ0v) is 18.0. The molecule has 0 saturated heterocycles. The lowest BCUT2D eigenvalue weighted by Gasteiger charge is -2.16. The number of fused-ring (bicyclic) bond motifs is 1. The zero-order valence-electron chi connectivity index (χ0n) is 17.3. The number of aryl methyl sites for hydroxylation is 2. The molecule has 0 atom stereocenters. The van der Waals surface area contributed by atoms with Gasteiger partial charge in [0.15, 0.2) is 0 Å². The number of aromatic nitrogens is 3. The number of amides is 1. The molecule has 0 fully saturated rings. The van der Waals surface area contributed by atoms with Gasteiger partial charge < -0.3 is 0 Å². The second-order valence-corrected chi connectivity index (χ2v) is 7.58. The quantitative estimate of drug-likeness (QED) is 0.392. The predicted molar refractivity (Wildman–Crippen MR) is 122 cm³/mol. The van der Waals surface area contributed by atoms with Crippen LogP contribution in [0.25, 0.3) is 10.9 Å². The van der Waals surface area contributed by atoms with Crippen LogP contribution in [-0.4, -0.2) is 26.5 Å². The molecule has 8 heteroatoms. The van der Waals surface area contributed by atoms with Crippen molar-refractivity contribution in [3.63, 3.8) is 0 Å². The van der Waals surface area contributed by atoms with Crippen LogP contribution in [0, 0.1) is 20.8 Å². The summed E-state index contributed by atoms with van der Waals surface area (Å²) in [6.45, 7) is 5.58. The summed E-state index contributed by atoms with van der Waals surface area (Å²) in [6.07, 6.45) is 1.55. The molecule has 2 aromatic carbocycles. The van der Waals surface area contributed by atoms with Crippen molar-refractivity contribution in [2.75, 3.05) is 0 Å². The second kappa shape index (κ2) is 8.20. The van der Waals surface area contributed by atoms with Crippen LogP contribution >= 0.6 is 11.6 Å². The Morgan fingerprint density at radius 1 is 1.06 bits per heavy atom. The summed E-state index contributed by atoms with van der Waals surface area (Å²) in [5.74, 6) is 0.210. The number of para-hydroxylation sites is 1. The number of benzene rings is 2. The molecule has 0 spiro atoms. The number of carbonyl (C=O) groups excluding carboxylic acids is 1. The summed E-state index contributed by atoms with van der Waals surface area (Å²) >= 11 is 5.93. The molecular formula is C23H20ClN5O2. The lowest BCUT2D eigenvalue weighted by molar-refractivity contribution is 0.0955. The Morgan fingerprint density at radius 3 is 2.61 bits per heavy atom. The summed E-state index contributed by atoms with van der Waals surface area (Å²) in [6, 6.07) is 15.8. The van der Waals surface area contributed by atoms with E-state index in [4.69, 9.17) is 11.6 Å². The molecule has 2 aromatic heterocycles. The molecule has 1 N–H and O–H groups in total. The first-order chi connectivity index (χ1) is 14.9. The van der Waals surface area contributed by atoms with E-state index in [9.17, 15) is 9.59 Å². The number of hydrazone groups is 1. The van der Waals surface area contributed by atoms with E-state index in [1.165, 1.54) is 0 Å². The Morgan fingerprint density at radius 2 is 1.84 bits per heavy atom. The van der Waals surface area contributed by atoms with Crippen LogP contribution in [0.5, 0.6) is 0 Å². The van der Waals surface area contributed by atoms with Crippen molar-refractivity contribution in [1.82, 2.24) is 19.8 Å². The maximum absolute atomic E-state index is 13.2. The van der Waals surface area contributed by atoms with Crippen LogP contribution in [0.3, 0.4) is 0 Å². The first-order valence-corrected chi connectivity index (χ1v) is 10.0. The van der Waals surface area contributed by atoms with E-state index in [1.807, 2.05) is 38.1 Å². The highest BCUT2D eigenvalue weighted by atomic mass is 35.5. The van der Waals surface area contributed by atoms with E-state index in [-0.39, 0.29) is 11.5 Å². The summed E-state index contributed by atoms with van der Waals surface area (Å²) < 4.78 is 3.35. The predicted octanol–water partition coefficient (Wildman–Crippen LogP) is 3.85. The van der Waals surface area contributed by atoms with Gasteiger partial charge in [0.25, 0.3) is 11.5 Å². The molecule has 0 aliphatic rings. The Bertz CT molecular complexity index is 1400. The van der Waals surface area contributed by atoms with Gasteiger partial charge in [-0.1, -0.05) is 29.8 Å². The van der Waals surface area contributed by atoms with Gasteiger partial charge in [0, 0.05) is 27.5 Å². The Kier molecular flexibility index (Phi) is 5.44. The van der Waals surface area contributed by atoms with Crippen molar-refractivity contribution in [1.29, 1.82) is 0 Å². The minimum absolute atomic E-state index is 0.150. The van der Waals surface area contributed by atoms with Crippen LogP contribution in [0.2, 0.25) is 5.02 Å². The van der Waals surface area contributed by atoms with Gasteiger partial charge in [-0.05, 0) is 57.2 Å². The molecule has 0 aliphatic carbocycles. The van der Waals surface area contributed by atoms with E-state index in [0.717, 1.165) is 17.0 Å². The Labute approximate surface area is 183 Å². The molecule has 0 bridgehead atoms. The third kappa shape index (κ3) is 3.87. The number of nitrogens with zero attached hydrogens (tertiary/aromatic N) is 4. The van der Waals surface area contributed by atoms with E-state index in [0.29, 0.717) is 27.3 Å². The second-order valence-electron chi connectivity index (χ2n) is 7.14. The normalized spacial score (nSPS) is 11.4. The molecule has 0 radical (unpaired) electrons. The summed E-state index contributed by atoms with van der Waals surface area (Å²) in [5, 5.41) is 5.09. The van der Waals surface area contributed by atoms with Gasteiger partial charge in [-0.2, -0.15) is 9.78 Å². The highest BCUT2D eigenvalue weighted by molar-refractivity contribution is 6.30. The molecule has 4 aromatic rings. The van der Waals surface area contributed by atoms with Gasteiger partial charge >= 0.3 is 0 Å². The van der Waals surface area contributed by atoms with Crippen LogP contribution in [0.15, 0.2) is 64.5 Å². The standard InChI is InChI=1S/C23H20ClN5O2/c1-14-11-18(13-25-27-22(30)17-7-6-8-19(24)12-17)15(2)28(14)29-16(3)26-21-10-5-4-9-20(21)23(29)31/h4-13H,1-3H3,(H,27,30). The van der Waals surface area contributed by atoms with Gasteiger partial charge in [-0.3, -0.25) is 14.3 Å². The molecule has 7 nitrogen and oxygen atoms in total. The monoisotopic (exact) mass is 433 g/mol. The van der Waals surface area contributed by atoms with Gasteiger partial charge in [-0.25, -0.2) is 10.4 Å². The van der Waals surface area contributed by atoms with Gasteiger partial charge in [-0.15, -0.1) is 0 Å². The fourth-order valence-corrected chi connectivity index (χ4v) is 3.73. The van der Waals surface area contributed by atoms with Crippen molar-refractivity contribution in [3.05, 3.63) is 98.3 Å². The van der Waals surface area contributed by atoms with Crippen molar-refractivity contribution in [2.45, 2.75) is 20.8 Å². The van der Waals surface area contributed by atoms with Crippen molar-refractivity contribution < 1.29 is 4.79 Å². The number of carbonyl (C=O) groups is 1. The lowest BCUT2D eigenvalue weighted by Crippen LogP contribution is -2.30. The smallest absolute Gasteiger partial charge is 0.267 e. The van der Waals surface area contributed by atoms with E-state index >= 15 is 0 Å². The molecule has 0 saturated carbocycles.